The Hall–Kier alpha value is -2.60. The lowest BCUT2D eigenvalue weighted by atomic mass is 10.0. The number of hydrogen-bond donors (Lipinski definition) is 2. The van der Waals surface area contributed by atoms with Gasteiger partial charge < -0.3 is 19.8 Å². The van der Waals surface area contributed by atoms with Gasteiger partial charge in [-0.2, -0.15) is 0 Å². The number of carbonyl (C=O) groups is 2. The molecule has 0 aliphatic heterocycles. The number of hydrogen-bond acceptors (Lipinski definition) is 4. The van der Waals surface area contributed by atoms with Gasteiger partial charge in [-0.1, -0.05) is 24.3 Å². The van der Waals surface area contributed by atoms with E-state index < -0.39 is 11.8 Å². The fourth-order valence-corrected chi connectivity index (χ4v) is 2.19. The fourth-order valence-electron chi connectivity index (χ4n) is 2.19. The van der Waals surface area contributed by atoms with Crippen LogP contribution in [-0.2, 0) is 20.9 Å². The minimum absolute atomic E-state index is 0.171. The molecule has 1 aromatic carbocycles. The lowest BCUT2D eigenvalue weighted by molar-refractivity contribution is -0.139. The van der Waals surface area contributed by atoms with E-state index in [1.165, 1.54) is 6.26 Å². The number of nitrogens with one attached hydrogen (secondary N) is 2. The molecule has 2 N–H and O–H groups in total. The molecular formula is C17H20N2O4. The molecule has 1 aromatic heterocycles. The summed E-state index contributed by atoms with van der Waals surface area (Å²) in [6.45, 7) is 2.36. The molecular weight excluding hydrogens is 296 g/mol. The van der Waals surface area contributed by atoms with Crippen LogP contribution in [-0.4, -0.2) is 25.5 Å². The van der Waals surface area contributed by atoms with Crippen LogP contribution in [0.25, 0.3) is 0 Å². The highest BCUT2D eigenvalue weighted by Gasteiger charge is 2.18. The van der Waals surface area contributed by atoms with Crippen LogP contribution in [0.1, 0.15) is 23.0 Å². The van der Waals surface area contributed by atoms with Crippen molar-refractivity contribution in [1.82, 2.24) is 10.6 Å². The van der Waals surface area contributed by atoms with E-state index in [1.807, 2.05) is 31.2 Å². The van der Waals surface area contributed by atoms with E-state index in [-0.39, 0.29) is 19.2 Å². The van der Waals surface area contributed by atoms with Crippen molar-refractivity contribution >= 4 is 11.8 Å². The molecule has 2 rings (SSSR count). The minimum Gasteiger partial charge on any atom is -0.467 e. The molecule has 0 radical (unpaired) electrons. The zero-order valence-corrected chi connectivity index (χ0v) is 13.2. The topological polar surface area (TPSA) is 80.6 Å². The van der Waals surface area contributed by atoms with Gasteiger partial charge in [-0.3, -0.25) is 9.59 Å². The molecule has 0 aliphatic rings. The third kappa shape index (κ3) is 4.69. The first kappa shape index (κ1) is 16.8. The van der Waals surface area contributed by atoms with Crippen molar-refractivity contribution in [2.24, 2.45) is 0 Å². The summed E-state index contributed by atoms with van der Waals surface area (Å²) in [7, 11) is 1.57. The molecule has 6 heteroatoms. The number of ether oxygens (including phenoxy) is 1. The van der Waals surface area contributed by atoms with Crippen LogP contribution in [0.5, 0.6) is 0 Å². The molecule has 0 spiro atoms. The van der Waals surface area contributed by atoms with Gasteiger partial charge in [-0.25, -0.2) is 0 Å². The first-order valence-corrected chi connectivity index (χ1v) is 7.28. The van der Waals surface area contributed by atoms with E-state index in [9.17, 15) is 9.59 Å². The highest BCUT2D eigenvalue weighted by molar-refractivity contribution is 6.35. The number of furan rings is 1. The highest BCUT2D eigenvalue weighted by atomic mass is 16.5. The predicted molar refractivity (Wildman–Crippen MR) is 84.5 cm³/mol. The van der Waals surface area contributed by atoms with Crippen LogP contribution >= 0.6 is 0 Å². The van der Waals surface area contributed by atoms with Crippen LogP contribution in [0, 0.1) is 6.92 Å². The third-order valence-electron chi connectivity index (χ3n) is 3.48. The molecule has 0 saturated heterocycles. The molecule has 23 heavy (non-hydrogen) atoms. The molecule has 1 atom stereocenters. The van der Waals surface area contributed by atoms with Gasteiger partial charge in [0.25, 0.3) is 0 Å². The Morgan fingerprint density at radius 1 is 1.13 bits per heavy atom. The van der Waals surface area contributed by atoms with Gasteiger partial charge in [0.2, 0.25) is 0 Å². The van der Waals surface area contributed by atoms with Gasteiger partial charge in [0.15, 0.2) is 0 Å². The standard InChI is InChI=1S/C17H20N2O4/c1-12-6-3-4-8-14(12)15(22-2)11-19-17(21)16(20)18-10-13-7-5-9-23-13/h3-9,15H,10-11H2,1-2H3,(H,18,20)(H,19,21). The molecule has 1 unspecified atom stereocenters. The number of rotatable bonds is 6. The lowest BCUT2D eigenvalue weighted by Gasteiger charge is -2.18. The lowest BCUT2D eigenvalue weighted by Crippen LogP contribution is -2.41. The normalized spacial score (nSPS) is 11.7. The fraction of sp³-hybridized carbons (Fsp3) is 0.294. The molecule has 122 valence electrons. The molecule has 1 heterocycles. The minimum atomic E-state index is -0.707. The summed E-state index contributed by atoms with van der Waals surface area (Å²) in [5, 5.41) is 5.07. The van der Waals surface area contributed by atoms with Gasteiger partial charge in [0.05, 0.1) is 18.9 Å². The summed E-state index contributed by atoms with van der Waals surface area (Å²) in [5.74, 6) is -0.825. The largest absolute Gasteiger partial charge is 0.467 e. The van der Waals surface area contributed by atoms with E-state index in [4.69, 9.17) is 9.15 Å². The first-order valence-electron chi connectivity index (χ1n) is 7.28. The number of amides is 2. The summed E-state index contributed by atoms with van der Waals surface area (Å²) in [6, 6.07) is 11.2. The summed E-state index contributed by atoms with van der Waals surface area (Å²) < 4.78 is 10.5. The van der Waals surface area contributed by atoms with Crippen molar-refractivity contribution in [2.45, 2.75) is 19.6 Å². The van der Waals surface area contributed by atoms with Gasteiger partial charge in [-0.15, -0.1) is 0 Å². The maximum Gasteiger partial charge on any atom is 0.309 e. The van der Waals surface area contributed by atoms with Crippen LogP contribution in [0.2, 0.25) is 0 Å². The molecule has 2 aromatic rings. The van der Waals surface area contributed by atoms with Crippen LogP contribution < -0.4 is 10.6 Å². The van der Waals surface area contributed by atoms with Crippen molar-refractivity contribution in [1.29, 1.82) is 0 Å². The Labute approximate surface area is 134 Å². The van der Waals surface area contributed by atoms with Crippen molar-refractivity contribution in [3.63, 3.8) is 0 Å². The maximum atomic E-state index is 11.8. The summed E-state index contributed by atoms with van der Waals surface area (Å²) in [6.07, 6.45) is 1.20. The molecule has 6 nitrogen and oxygen atoms in total. The van der Waals surface area contributed by atoms with Crippen molar-refractivity contribution in [3.05, 3.63) is 59.5 Å². The Bertz CT molecular complexity index is 652. The second-order valence-corrected chi connectivity index (χ2v) is 5.05. The van der Waals surface area contributed by atoms with Gasteiger partial charge in [0.1, 0.15) is 5.76 Å². The van der Waals surface area contributed by atoms with E-state index in [0.717, 1.165) is 11.1 Å². The predicted octanol–water partition coefficient (Wildman–Crippen LogP) is 1.71. The zero-order chi connectivity index (χ0) is 16.7. The molecule has 0 bridgehead atoms. The van der Waals surface area contributed by atoms with E-state index >= 15 is 0 Å². The highest BCUT2D eigenvalue weighted by Crippen LogP contribution is 2.19. The Kier molecular flexibility index (Phi) is 5.94. The summed E-state index contributed by atoms with van der Waals surface area (Å²) >= 11 is 0. The monoisotopic (exact) mass is 316 g/mol. The molecule has 0 saturated carbocycles. The number of methoxy groups -OCH3 is 1. The van der Waals surface area contributed by atoms with Crippen molar-refractivity contribution < 1.29 is 18.7 Å². The van der Waals surface area contributed by atoms with E-state index in [2.05, 4.69) is 10.6 Å². The van der Waals surface area contributed by atoms with Crippen LogP contribution in [0.15, 0.2) is 47.1 Å². The van der Waals surface area contributed by atoms with Gasteiger partial charge in [-0.05, 0) is 30.2 Å². The number of aryl methyl sites for hydroxylation is 1. The summed E-state index contributed by atoms with van der Waals surface area (Å²) in [4.78, 5) is 23.6. The number of carbonyl (C=O) groups excluding carboxylic acids is 2. The van der Waals surface area contributed by atoms with E-state index in [0.29, 0.717) is 5.76 Å². The maximum absolute atomic E-state index is 11.8. The van der Waals surface area contributed by atoms with Crippen molar-refractivity contribution in [3.8, 4) is 0 Å². The third-order valence-corrected chi connectivity index (χ3v) is 3.48. The number of benzene rings is 1. The Morgan fingerprint density at radius 2 is 1.87 bits per heavy atom. The second-order valence-electron chi connectivity index (χ2n) is 5.05. The average molecular weight is 316 g/mol. The smallest absolute Gasteiger partial charge is 0.309 e. The van der Waals surface area contributed by atoms with Crippen LogP contribution in [0.4, 0.5) is 0 Å². The van der Waals surface area contributed by atoms with Crippen molar-refractivity contribution in [2.75, 3.05) is 13.7 Å². The van der Waals surface area contributed by atoms with Crippen LogP contribution in [0.3, 0.4) is 0 Å². The van der Waals surface area contributed by atoms with E-state index in [1.54, 1.807) is 19.2 Å². The van der Waals surface area contributed by atoms with Gasteiger partial charge in [0, 0.05) is 13.7 Å². The molecule has 0 fully saturated rings. The second kappa shape index (κ2) is 8.14. The Balaban J connectivity index is 1.84. The zero-order valence-electron chi connectivity index (χ0n) is 13.2. The SMILES string of the molecule is COC(CNC(=O)C(=O)NCc1ccco1)c1ccccc1C. The Morgan fingerprint density at radius 3 is 2.52 bits per heavy atom. The first-order chi connectivity index (χ1) is 11.1. The van der Waals surface area contributed by atoms with Gasteiger partial charge >= 0.3 is 11.8 Å². The average Bonchev–Trinajstić information content (AvgIpc) is 3.07. The molecule has 2 amide bonds. The quantitative estimate of drug-likeness (QED) is 0.795. The summed E-state index contributed by atoms with van der Waals surface area (Å²) in [5.41, 5.74) is 2.04. The molecule has 0 aliphatic carbocycles.